The zero-order chi connectivity index (χ0) is 14.7. The molecule has 0 aromatic carbocycles. The summed E-state index contributed by atoms with van der Waals surface area (Å²) in [5, 5.41) is 9.00. The average molecular weight is 278 g/mol. The van der Waals surface area contributed by atoms with Crippen LogP contribution >= 0.6 is 0 Å². The molecule has 1 N–H and O–H groups in total. The Kier molecular flexibility index (Phi) is 3.92. The van der Waals surface area contributed by atoms with Crippen molar-refractivity contribution in [2.45, 2.75) is 6.92 Å². The molecule has 1 aromatic rings. The minimum atomic E-state index is -1.29. The number of carboxylic acid groups (broad SMARTS) is 1. The number of carboxylic acids is 1. The van der Waals surface area contributed by atoms with E-state index in [9.17, 15) is 14.4 Å². The Morgan fingerprint density at radius 3 is 2.00 bits per heavy atom. The number of amides is 2. The van der Waals surface area contributed by atoms with E-state index >= 15 is 0 Å². The van der Waals surface area contributed by atoms with E-state index in [2.05, 4.69) is 9.97 Å². The maximum Gasteiger partial charge on any atom is 0.356 e. The fourth-order valence-corrected chi connectivity index (χ4v) is 2.03. The van der Waals surface area contributed by atoms with Crippen molar-refractivity contribution in [1.29, 1.82) is 0 Å². The van der Waals surface area contributed by atoms with Crippen LogP contribution in [0.5, 0.6) is 0 Å². The van der Waals surface area contributed by atoms with Crippen LogP contribution < -0.4 is 0 Å². The van der Waals surface area contributed by atoms with Gasteiger partial charge in [0.05, 0.1) is 0 Å². The van der Waals surface area contributed by atoms with Crippen molar-refractivity contribution in [3.05, 3.63) is 23.8 Å². The summed E-state index contributed by atoms with van der Waals surface area (Å²) < 4.78 is 0. The Balaban J connectivity index is 2.13. The first-order chi connectivity index (χ1) is 9.50. The van der Waals surface area contributed by atoms with Crippen molar-refractivity contribution in [3.63, 3.8) is 0 Å². The Morgan fingerprint density at radius 2 is 1.50 bits per heavy atom. The molecule has 1 fully saturated rings. The smallest absolute Gasteiger partial charge is 0.356 e. The van der Waals surface area contributed by atoms with Crippen molar-refractivity contribution in [1.82, 2.24) is 19.8 Å². The van der Waals surface area contributed by atoms with Crippen LogP contribution in [0, 0.1) is 0 Å². The van der Waals surface area contributed by atoms with Crippen LogP contribution in [0.25, 0.3) is 0 Å². The predicted molar refractivity (Wildman–Crippen MR) is 67.1 cm³/mol. The molecule has 0 atom stereocenters. The van der Waals surface area contributed by atoms with Gasteiger partial charge < -0.3 is 14.9 Å². The molecule has 20 heavy (non-hydrogen) atoms. The first kappa shape index (κ1) is 13.9. The quantitative estimate of drug-likeness (QED) is 0.780. The van der Waals surface area contributed by atoms with E-state index in [1.54, 1.807) is 4.90 Å². The lowest BCUT2D eigenvalue weighted by Crippen LogP contribution is -2.50. The Hall–Kier alpha value is -2.51. The number of aromatic carboxylic acids is 1. The number of carbonyl (C=O) groups excluding carboxylic acids is 2. The van der Waals surface area contributed by atoms with Gasteiger partial charge in [-0.05, 0) is 0 Å². The number of piperazine rings is 1. The lowest BCUT2D eigenvalue weighted by molar-refractivity contribution is -0.130. The third-order valence-electron chi connectivity index (χ3n) is 3.12. The van der Waals surface area contributed by atoms with Gasteiger partial charge in [-0.1, -0.05) is 0 Å². The molecule has 106 valence electrons. The second-order valence-electron chi connectivity index (χ2n) is 4.36. The topological polar surface area (TPSA) is 104 Å². The monoisotopic (exact) mass is 278 g/mol. The number of nitrogens with zero attached hydrogens (tertiary/aromatic N) is 4. The van der Waals surface area contributed by atoms with Gasteiger partial charge >= 0.3 is 5.97 Å². The van der Waals surface area contributed by atoms with Crippen LogP contribution in [0.4, 0.5) is 0 Å². The zero-order valence-corrected chi connectivity index (χ0v) is 10.9. The molecule has 8 heteroatoms. The minimum absolute atomic E-state index is 0.0390. The first-order valence-corrected chi connectivity index (χ1v) is 6.10. The lowest BCUT2D eigenvalue weighted by atomic mass is 10.2. The minimum Gasteiger partial charge on any atom is -0.476 e. The standard InChI is InChI=1S/C12H14N4O4/c1-8(17)15-4-6-16(7-5-15)11(18)9-10(12(19)20)14-3-2-13-9/h2-3H,4-7H2,1H3,(H,19,20). The SMILES string of the molecule is CC(=O)N1CCN(C(=O)c2nccnc2C(=O)O)CC1. The predicted octanol–water partition coefficient (Wildman–Crippen LogP) is -0.521. The van der Waals surface area contributed by atoms with Gasteiger partial charge in [0.25, 0.3) is 5.91 Å². The van der Waals surface area contributed by atoms with Gasteiger partial charge in [0, 0.05) is 45.5 Å². The molecular weight excluding hydrogens is 264 g/mol. The largest absolute Gasteiger partial charge is 0.476 e. The van der Waals surface area contributed by atoms with Crippen LogP contribution in [0.1, 0.15) is 27.9 Å². The van der Waals surface area contributed by atoms with Gasteiger partial charge in [0.1, 0.15) is 0 Å². The highest BCUT2D eigenvalue weighted by molar-refractivity contribution is 6.02. The Labute approximate surface area is 115 Å². The molecule has 2 heterocycles. The zero-order valence-electron chi connectivity index (χ0n) is 10.9. The van der Waals surface area contributed by atoms with E-state index in [0.29, 0.717) is 26.2 Å². The van der Waals surface area contributed by atoms with E-state index in [4.69, 9.17) is 5.11 Å². The fraction of sp³-hybridized carbons (Fsp3) is 0.417. The molecule has 2 amide bonds. The number of hydrogen-bond acceptors (Lipinski definition) is 5. The summed E-state index contributed by atoms with van der Waals surface area (Å²) in [6, 6.07) is 0. The average Bonchev–Trinajstić information content (AvgIpc) is 2.46. The van der Waals surface area contributed by atoms with Gasteiger partial charge in [0.15, 0.2) is 11.4 Å². The molecule has 0 spiro atoms. The van der Waals surface area contributed by atoms with Crippen LogP contribution in [0.3, 0.4) is 0 Å². The van der Waals surface area contributed by atoms with E-state index in [-0.39, 0.29) is 17.3 Å². The molecule has 8 nitrogen and oxygen atoms in total. The molecule has 1 aliphatic rings. The maximum atomic E-state index is 12.3. The second-order valence-corrected chi connectivity index (χ2v) is 4.36. The molecule has 0 radical (unpaired) electrons. The first-order valence-electron chi connectivity index (χ1n) is 6.10. The highest BCUT2D eigenvalue weighted by atomic mass is 16.4. The van der Waals surface area contributed by atoms with Gasteiger partial charge in [-0.3, -0.25) is 9.59 Å². The molecule has 1 saturated heterocycles. The highest BCUT2D eigenvalue weighted by Gasteiger charge is 2.27. The summed E-state index contributed by atoms with van der Waals surface area (Å²) in [6.45, 7) is 3.05. The molecule has 0 saturated carbocycles. The van der Waals surface area contributed by atoms with Crippen molar-refractivity contribution < 1.29 is 19.5 Å². The number of carbonyl (C=O) groups is 3. The second kappa shape index (κ2) is 5.64. The van der Waals surface area contributed by atoms with E-state index < -0.39 is 11.9 Å². The summed E-state index contributed by atoms with van der Waals surface area (Å²) in [5.74, 6) is -1.80. The summed E-state index contributed by atoms with van der Waals surface area (Å²) in [5.41, 5.74) is -0.525. The maximum absolute atomic E-state index is 12.3. The normalized spacial score (nSPS) is 15.1. The molecule has 1 aliphatic heterocycles. The molecular formula is C12H14N4O4. The van der Waals surface area contributed by atoms with Crippen LogP contribution in [0.15, 0.2) is 12.4 Å². The summed E-state index contributed by atoms with van der Waals surface area (Å²) in [4.78, 5) is 45.1. The fourth-order valence-electron chi connectivity index (χ4n) is 2.03. The van der Waals surface area contributed by atoms with Crippen LogP contribution in [-0.2, 0) is 4.79 Å². The Bertz CT molecular complexity index is 552. The van der Waals surface area contributed by atoms with Crippen molar-refractivity contribution in [2.75, 3.05) is 26.2 Å². The van der Waals surface area contributed by atoms with E-state index in [1.165, 1.54) is 24.2 Å². The number of hydrogen-bond donors (Lipinski definition) is 1. The molecule has 0 bridgehead atoms. The number of aromatic nitrogens is 2. The molecule has 0 aliphatic carbocycles. The van der Waals surface area contributed by atoms with E-state index in [1.807, 2.05) is 0 Å². The summed E-state index contributed by atoms with van der Waals surface area (Å²) in [6.07, 6.45) is 2.51. The molecule has 2 rings (SSSR count). The van der Waals surface area contributed by atoms with Crippen molar-refractivity contribution in [3.8, 4) is 0 Å². The summed E-state index contributed by atoms with van der Waals surface area (Å²) in [7, 11) is 0. The lowest BCUT2D eigenvalue weighted by Gasteiger charge is -2.34. The van der Waals surface area contributed by atoms with Gasteiger partial charge in [-0.15, -0.1) is 0 Å². The number of rotatable bonds is 2. The van der Waals surface area contributed by atoms with E-state index in [0.717, 1.165) is 0 Å². The van der Waals surface area contributed by atoms with Crippen molar-refractivity contribution in [2.24, 2.45) is 0 Å². The van der Waals surface area contributed by atoms with Crippen LogP contribution in [-0.4, -0.2) is 68.8 Å². The molecule has 1 aromatic heterocycles. The van der Waals surface area contributed by atoms with Gasteiger partial charge in [0.2, 0.25) is 5.91 Å². The van der Waals surface area contributed by atoms with Crippen molar-refractivity contribution >= 4 is 17.8 Å². The van der Waals surface area contributed by atoms with Gasteiger partial charge in [-0.25, -0.2) is 14.8 Å². The highest BCUT2D eigenvalue weighted by Crippen LogP contribution is 2.10. The molecule has 0 unspecified atom stereocenters. The third-order valence-corrected chi connectivity index (χ3v) is 3.12. The summed E-state index contributed by atoms with van der Waals surface area (Å²) >= 11 is 0. The third kappa shape index (κ3) is 2.73. The Morgan fingerprint density at radius 1 is 1.00 bits per heavy atom. The van der Waals surface area contributed by atoms with Crippen LogP contribution in [0.2, 0.25) is 0 Å². The van der Waals surface area contributed by atoms with Gasteiger partial charge in [-0.2, -0.15) is 0 Å².